The van der Waals surface area contributed by atoms with Crippen LogP contribution in [0.15, 0.2) is 24.3 Å². The highest BCUT2D eigenvalue weighted by molar-refractivity contribution is 5.68. The van der Waals surface area contributed by atoms with E-state index in [2.05, 4.69) is 34.5 Å². The van der Waals surface area contributed by atoms with E-state index in [0.29, 0.717) is 6.04 Å². The molecule has 0 atom stereocenters. The number of rotatable bonds is 2. The number of para-hydroxylation sites is 1. The number of carbonyl (C=O) groups excluding carboxylic acids is 1. The standard InChI is InChI=1S/C19H28N2O2/c1-19(2,3)23-18(22)20-15-8-10-16(11-9-15)21-13-12-14-6-4-5-7-17(14)21/h4-7,15-16H,8-13H2,1-3H3,(H,20,22). The summed E-state index contributed by atoms with van der Waals surface area (Å²) in [6.45, 7) is 6.82. The lowest BCUT2D eigenvalue weighted by Gasteiger charge is -2.36. The fourth-order valence-corrected chi connectivity index (χ4v) is 3.75. The van der Waals surface area contributed by atoms with Crippen molar-refractivity contribution in [3.8, 4) is 0 Å². The van der Waals surface area contributed by atoms with Gasteiger partial charge in [0.15, 0.2) is 0 Å². The number of fused-ring (bicyclic) bond motifs is 1. The number of hydrogen-bond donors (Lipinski definition) is 1. The molecule has 0 aromatic heterocycles. The maximum atomic E-state index is 11.9. The molecular formula is C19H28N2O2. The summed E-state index contributed by atoms with van der Waals surface area (Å²) in [5, 5.41) is 3.03. The van der Waals surface area contributed by atoms with Gasteiger partial charge < -0.3 is 15.0 Å². The Morgan fingerprint density at radius 1 is 1.17 bits per heavy atom. The first kappa shape index (κ1) is 16.2. The molecule has 1 heterocycles. The third-order valence-corrected chi connectivity index (χ3v) is 4.78. The van der Waals surface area contributed by atoms with Crippen LogP contribution in [0.2, 0.25) is 0 Å². The zero-order chi connectivity index (χ0) is 16.4. The summed E-state index contributed by atoms with van der Waals surface area (Å²) in [6, 6.07) is 9.60. The first-order chi connectivity index (χ1) is 10.9. The Kier molecular flexibility index (Phi) is 4.51. The third kappa shape index (κ3) is 3.98. The Hall–Kier alpha value is -1.71. The SMILES string of the molecule is CC(C)(C)OC(=O)NC1CCC(N2CCc3ccccc32)CC1. The molecule has 1 aliphatic carbocycles. The van der Waals surface area contributed by atoms with Crippen molar-refractivity contribution in [2.75, 3.05) is 11.4 Å². The van der Waals surface area contributed by atoms with E-state index in [1.54, 1.807) is 0 Å². The Morgan fingerprint density at radius 2 is 1.87 bits per heavy atom. The molecule has 126 valence electrons. The number of anilines is 1. The van der Waals surface area contributed by atoms with Crippen LogP contribution < -0.4 is 10.2 Å². The van der Waals surface area contributed by atoms with E-state index in [1.165, 1.54) is 11.3 Å². The Morgan fingerprint density at radius 3 is 2.57 bits per heavy atom. The van der Waals surface area contributed by atoms with E-state index in [4.69, 9.17) is 4.74 Å². The number of amides is 1. The molecule has 23 heavy (non-hydrogen) atoms. The molecule has 0 saturated heterocycles. The van der Waals surface area contributed by atoms with Gasteiger partial charge in [0.05, 0.1) is 0 Å². The molecule has 1 aromatic carbocycles. The number of ether oxygens (including phenoxy) is 1. The van der Waals surface area contributed by atoms with Crippen LogP contribution in [0.1, 0.15) is 52.0 Å². The highest BCUT2D eigenvalue weighted by Gasteiger charge is 2.30. The maximum Gasteiger partial charge on any atom is 0.407 e. The molecule has 4 nitrogen and oxygen atoms in total. The fraction of sp³-hybridized carbons (Fsp3) is 0.632. The smallest absolute Gasteiger partial charge is 0.407 e. The second-order valence-corrected chi connectivity index (χ2v) is 7.72. The number of alkyl carbamates (subject to hydrolysis) is 1. The maximum absolute atomic E-state index is 11.9. The average molecular weight is 316 g/mol. The molecule has 1 N–H and O–H groups in total. The van der Waals surface area contributed by atoms with Crippen LogP contribution in [0.3, 0.4) is 0 Å². The quantitative estimate of drug-likeness (QED) is 0.900. The van der Waals surface area contributed by atoms with Crippen LogP contribution >= 0.6 is 0 Å². The molecule has 3 rings (SSSR count). The van der Waals surface area contributed by atoms with E-state index in [-0.39, 0.29) is 12.1 Å². The van der Waals surface area contributed by atoms with Gasteiger partial charge in [-0.15, -0.1) is 0 Å². The summed E-state index contributed by atoms with van der Waals surface area (Å²) >= 11 is 0. The molecule has 1 fully saturated rings. The van der Waals surface area contributed by atoms with Crippen molar-refractivity contribution >= 4 is 11.8 Å². The lowest BCUT2D eigenvalue weighted by Crippen LogP contribution is -2.45. The summed E-state index contributed by atoms with van der Waals surface area (Å²) in [6.07, 6.45) is 5.20. The monoisotopic (exact) mass is 316 g/mol. The summed E-state index contributed by atoms with van der Waals surface area (Å²) in [5.41, 5.74) is 2.46. The van der Waals surface area contributed by atoms with E-state index in [9.17, 15) is 4.79 Å². The second-order valence-electron chi connectivity index (χ2n) is 7.72. The number of hydrogen-bond acceptors (Lipinski definition) is 3. The normalized spacial score (nSPS) is 24.2. The Bertz CT molecular complexity index is 557. The predicted molar refractivity (Wildman–Crippen MR) is 92.9 cm³/mol. The molecule has 2 aliphatic rings. The molecule has 4 heteroatoms. The van der Waals surface area contributed by atoms with Gasteiger partial charge in [-0.1, -0.05) is 18.2 Å². The highest BCUT2D eigenvalue weighted by Crippen LogP contribution is 2.34. The van der Waals surface area contributed by atoms with Gasteiger partial charge in [0.2, 0.25) is 0 Å². The van der Waals surface area contributed by atoms with Gasteiger partial charge in [0.1, 0.15) is 5.60 Å². The van der Waals surface area contributed by atoms with Crippen LogP contribution in [0, 0.1) is 0 Å². The van der Waals surface area contributed by atoms with Gasteiger partial charge in [-0.05, 0) is 64.5 Å². The van der Waals surface area contributed by atoms with Crippen molar-refractivity contribution in [3.05, 3.63) is 29.8 Å². The minimum Gasteiger partial charge on any atom is -0.444 e. The molecule has 0 unspecified atom stereocenters. The lowest BCUT2D eigenvalue weighted by atomic mass is 9.90. The van der Waals surface area contributed by atoms with Crippen molar-refractivity contribution in [1.82, 2.24) is 5.32 Å². The van der Waals surface area contributed by atoms with Gasteiger partial charge in [-0.25, -0.2) is 4.79 Å². The zero-order valence-corrected chi connectivity index (χ0v) is 14.5. The Labute approximate surface area is 139 Å². The van der Waals surface area contributed by atoms with Crippen LogP contribution in [-0.2, 0) is 11.2 Å². The average Bonchev–Trinajstić information content (AvgIpc) is 2.90. The van der Waals surface area contributed by atoms with Crippen LogP contribution in [0.25, 0.3) is 0 Å². The van der Waals surface area contributed by atoms with Crippen LogP contribution in [-0.4, -0.2) is 30.3 Å². The molecule has 1 saturated carbocycles. The van der Waals surface area contributed by atoms with E-state index >= 15 is 0 Å². The lowest BCUT2D eigenvalue weighted by molar-refractivity contribution is 0.0491. The third-order valence-electron chi connectivity index (χ3n) is 4.78. The number of carbonyl (C=O) groups is 1. The zero-order valence-electron chi connectivity index (χ0n) is 14.5. The van der Waals surface area contributed by atoms with Crippen molar-refractivity contribution < 1.29 is 9.53 Å². The van der Waals surface area contributed by atoms with Gasteiger partial charge >= 0.3 is 6.09 Å². The van der Waals surface area contributed by atoms with Gasteiger partial charge in [0.25, 0.3) is 0 Å². The molecule has 1 aliphatic heterocycles. The van der Waals surface area contributed by atoms with Crippen molar-refractivity contribution in [1.29, 1.82) is 0 Å². The minimum absolute atomic E-state index is 0.249. The Balaban J connectivity index is 1.51. The summed E-state index contributed by atoms with van der Waals surface area (Å²) in [7, 11) is 0. The van der Waals surface area contributed by atoms with Gasteiger partial charge in [-0.3, -0.25) is 0 Å². The van der Waals surface area contributed by atoms with Crippen molar-refractivity contribution in [2.45, 2.75) is 70.6 Å². The molecule has 0 bridgehead atoms. The summed E-state index contributed by atoms with van der Waals surface area (Å²) in [5.74, 6) is 0. The summed E-state index contributed by atoms with van der Waals surface area (Å²) < 4.78 is 5.35. The topological polar surface area (TPSA) is 41.6 Å². The molecule has 0 radical (unpaired) electrons. The predicted octanol–water partition coefficient (Wildman–Crippen LogP) is 3.89. The largest absolute Gasteiger partial charge is 0.444 e. The fourth-order valence-electron chi connectivity index (χ4n) is 3.75. The van der Waals surface area contributed by atoms with Crippen molar-refractivity contribution in [3.63, 3.8) is 0 Å². The number of benzene rings is 1. The van der Waals surface area contributed by atoms with E-state index in [1.807, 2.05) is 20.8 Å². The van der Waals surface area contributed by atoms with Crippen LogP contribution in [0.4, 0.5) is 10.5 Å². The van der Waals surface area contributed by atoms with E-state index in [0.717, 1.165) is 38.6 Å². The second kappa shape index (κ2) is 6.42. The first-order valence-electron chi connectivity index (χ1n) is 8.76. The molecule has 0 spiro atoms. The first-order valence-corrected chi connectivity index (χ1v) is 8.76. The van der Waals surface area contributed by atoms with Crippen LogP contribution in [0.5, 0.6) is 0 Å². The highest BCUT2D eigenvalue weighted by atomic mass is 16.6. The van der Waals surface area contributed by atoms with E-state index < -0.39 is 5.60 Å². The van der Waals surface area contributed by atoms with Gasteiger partial charge in [0, 0.05) is 24.3 Å². The minimum atomic E-state index is -0.430. The molecule has 1 aromatic rings. The van der Waals surface area contributed by atoms with Gasteiger partial charge in [-0.2, -0.15) is 0 Å². The number of nitrogens with zero attached hydrogens (tertiary/aromatic N) is 1. The van der Waals surface area contributed by atoms with Crippen molar-refractivity contribution in [2.24, 2.45) is 0 Å². The molecule has 1 amide bonds. The molecular weight excluding hydrogens is 288 g/mol. The summed E-state index contributed by atoms with van der Waals surface area (Å²) in [4.78, 5) is 14.5. The number of nitrogens with one attached hydrogen (secondary N) is 1.